The molecule has 1 rings (SSSR count). The molecule has 8 heavy (non-hydrogen) atoms. The van der Waals surface area contributed by atoms with Crippen molar-refractivity contribution in [1.29, 1.82) is 0 Å². The van der Waals surface area contributed by atoms with Gasteiger partial charge in [-0.3, -0.25) is 0 Å². The average Bonchev–Trinajstić information content (AvgIpc) is 1.85. The molecule has 0 aromatic carbocycles. The quantitative estimate of drug-likeness (QED) is 0.512. The van der Waals surface area contributed by atoms with E-state index in [1.807, 2.05) is 0 Å². The van der Waals surface area contributed by atoms with E-state index in [4.69, 9.17) is 10.2 Å². The Labute approximate surface area is 46.8 Å². The van der Waals surface area contributed by atoms with E-state index in [0.29, 0.717) is 0 Å². The van der Waals surface area contributed by atoms with Crippen molar-refractivity contribution < 1.29 is 10.2 Å². The fraction of sp³-hybridized carbons (Fsp3) is 0.200. The summed E-state index contributed by atoms with van der Waals surface area (Å²) in [4.78, 5) is 0. The van der Waals surface area contributed by atoms with E-state index >= 15 is 0 Å². The van der Waals surface area contributed by atoms with Gasteiger partial charge in [-0.25, -0.2) is 0 Å². The molecule has 1 aromatic rings. The van der Waals surface area contributed by atoms with Gasteiger partial charge in [-0.15, -0.1) is 0 Å². The number of rotatable bonds is 0. The van der Waals surface area contributed by atoms with Crippen molar-refractivity contribution in [3.63, 3.8) is 0 Å². The minimum Gasteiger partial charge on any atom is -0.506 e. The molecule has 0 saturated heterocycles. The summed E-state index contributed by atoms with van der Waals surface area (Å²) in [5.74, 6) is 0.160. The maximum atomic E-state index is 8.74. The van der Waals surface area contributed by atoms with Crippen molar-refractivity contribution in [1.82, 2.24) is 4.57 Å². The van der Waals surface area contributed by atoms with Crippen LogP contribution in [0, 0.1) is 0 Å². The van der Waals surface area contributed by atoms with Crippen LogP contribution in [-0.4, -0.2) is 14.8 Å². The van der Waals surface area contributed by atoms with Gasteiger partial charge in [-0.1, -0.05) is 0 Å². The lowest BCUT2D eigenvalue weighted by Crippen LogP contribution is -1.79. The SMILES string of the molecule is Cn1cc(O)cc1O. The maximum Gasteiger partial charge on any atom is 0.194 e. The molecule has 0 spiro atoms. The highest BCUT2D eigenvalue weighted by Crippen LogP contribution is 2.17. The summed E-state index contributed by atoms with van der Waals surface area (Å²) in [6.07, 6.45) is 1.43. The number of aromatic hydroxyl groups is 2. The molecule has 44 valence electrons. The van der Waals surface area contributed by atoms with Crippen molar-refractivity contribution >= 4 is 0 Å². The molecule has 2 N–H and O–H groups in total. The lowest BCUT2D eigenvalue weighted by Gasteiger charge is -1.87. The molecule has 0 bridgehead atoms. The third-order valence-electron chi connectivity index (χ3n) is 0.964. The van der Waals surface area contributed by atoms with E-state index in [1.54, 1.807) is 7.05 Å². The zero-order valence-corrected chi connectivity index (χ0v) is 4.50. The third kappa shape index (κ3) is 0.621. The molecule has 0 aliphatic carbocycles. The number of hydrogen-bond acceptors (Lipinski definition) is 2. The minimum atomic E-state index is 0.0718. The van der Waals surface area contributed by atoms with Crippen molar-refractivity contribution in [2.24, 2.45) is 7.05 Å². The summed E-state index contributed by atoms with van der Waals surface area (Å²) in [5.41, 5.74) is 0. The van der Waals surface area contributed by atoms with Crippen LogP contribution in [0.15, 0.2) is 12.3 Å². The molecule has 0 radical (unpaired) electrons. The van der Waals surface area contributed by atoms with E-state index < -0.39 is 0 Å². The molecule has 0 amide bonds. The highest BCUT2D eigenvalue weighted by atomic mass is 16.3. The molecule has 1 heterocycles. The zero-order chi connectivity index (χ0) is 6.15. The van der Waals surface area contributed by atoms with Gasteiger partial charge in [0.1, 0.15) is 5.75 Å². The second-order valence-electron chi connectivity index (χ2n) is 1.67. The fourth-order valence-electron chi connectivity index (χ4n) is 0.536. The Hall–Kier alpha value is -1.12. The van der Waals surface area contributed by atoms with Crippen LogP contribution in [0.5, 0.6) is 11.6 Å². The van der Waals surface area contributed by atoms with Gasteiger partial charge in [0.05, 0.1) is 0 Å². The standard InChI is InChI=1S/C5H7NO2/c1-6-3-4(7)2-5(6)8/h2-3,7-8H,1H3. The highest BCUT2D eigenvalue weighted by Gasteiger charge is 1.95. The third-order valence-corrected chi connectivity index (χ3v) is 0.964. The zero-order valence-electron chi connectivity index (χ0n) is 4.50. The van der Waals surface area contributed by atoms with Gasteiger partial charge >= 0.3 is 0 Å². The van der Waals surface area contributed by atoms with Gasteiger partial charge in [0.15, 0.2) is 5.88 Å². The van der Waals surface area contributed by atoms with Gasteiger partial charge in [-0.2, -0.15) is 0 Å². The van der Waals surface area contributed by atoms with Crippen molar-refractivity contribution in [3.05, 3.63) is 12.3 Å². The van der Waals surface area contributed by atoms with E-state index in [-0.39, 0.29) is 11.6 Å². The van der Waals surface area contributed by atoms with Gasteiger partial charge in [0.25, 0.3) is 0 Å². The summed E-state index contributed by atoms with van der Waals surface area (Å²) >= 11 is 0. The van der Waals surface area contributed by atoms with Crippen LogP contribution in [0.2, 0.25) is 0 Å². The minimum absolute atomic E-state index is 0.0718. The first-order chi connectivity index (χ1) is 3.70. The number of aryl methyl sites for hydroxylation is 1. The van der Waals surface area contributed by atoms with Gasteiger partial charge in [0.2, 0.25) is 0 Å². The number of nitrogens with zero attached hydrogens (tertiary/aromatic N) is 1. The van der Waals surface area contributed by atoms with Crippen LogP contribution in [0.4, 0.5) is 0 Å². The number of hydrogen-bond donors (Lipinski definition) is 2. The van der Waals surface area contributed by atoms with E-state index in [0.717, 1.165) is 0 Å². The lowest BCUT2D eigenvalue weighted by molar-refractivity contribution is 0.431. The molecule has 0 aliphatic rings. The van der Waals surface area contributed by atoms with Crippen molar-refractivity contribution in [3.8, 4) is 11.6 Å². The van der Waals surface area contributed by atoms with Crippen molar-refractivity contribution in [2.75, 3.05) is 0 Å². The summed E-state index contributed by atoms with van der Waals surface area (Å²) < 4.78 is 1.43. The number of aromatic nitrogens is 1. The Bertz CT molecular complexity index is 173. The second-order valence-corrected chi connectivity index (χ2v) is 1.67. The predicted molar refractivity (Wildman–Crippen MR) is 28.7 cm³/mol. The normalized spacial score (nSPS) is 9.62. The summed E-state index contributed by atoms with van der Waals surface area (Å²) in [7, 11) is 1.65. The average molecular weight is 113 g/mol. The molecule has 0 atom stereocenters. The molecule has 0 saturated carbocycles. The summed E-state index contributed by atoms with van der Waals surface area (Å²) in [6.45, 7) is 0. The van der Waals surface area contributed by atoms with E-state index in [9.17, 15) is 0 Å². The Morgan fingerprint density at radius 2 is 2.12 bits per heavy atom. The first-order valence-electron chi connectivity index (χ1n) is 2.24. The molecule has 3 nitrogen and oxygen atoms in total. The first-order valence-corrected chi connectivity index (χ1v) is 2.24. The Kier molecular flexibility index (Phi) is 0.901. The van der Waals surface area contributed by atoms with Gasteiger partial charge < -0.3 is 14.8 Å². The van der Waals surface area contributed by atoms with Crippen LogP contribution >= 0.6 is 0 Å². The Morgan fingerprint density at radius 3 is 2.25 bits per heavy atom. The summed E-state index contributed by atoms with van der Waals surface area (Å²) in [6, 6.07) is 1.28. The predicted octanol–water partition coefficient (Wildman–Crippen LogP) is 0.436. The van der Waals surface area contributed by atoms with Gasteiger partial charge in [0, 0.05) is 19.3 Å². The second kappa shape index (κ2) is 1.43. The maximum absolute atomic E-state index is 8.74. The van der Waals surface area contributed by atoms with Crippen molar-refractivity contribution in [2.45, 2.75) is 0 Å². The first kappa shape index (κ1) is 5.03. The molecular weight excluding hydrogens is 106 g/mol. The Balaban J connectivity index is 3.14. The van der Waals surface area contributed by atoms with Crippen LogP contribution < -0.4 is 0 Å². The topological polar surface area (TPSA) is 45.4 Å². The van der Waals surface area contributed by atoms with E-state index in [1.165, 1.54) is 16.8 Å². The van der Waals surface area contributed by atoms with Gasteiger partial charge in [-0.05, 0) is 0 Å². The van der Waals surface area contributed by atoms with Crippen LogP contribution in [-0.2, 0) is 7.05 Å². The lowest BCUT2D eigenvalue weighted by atomic mass is 10.6. The molecule has 0 fully saturated rings. The van der Waals surface area contributed by atoms with E-state index in [2.05, 4.69) is 0 Å². The molecule has 0 unspecified atom stereocenters. The highest BCUT2D eigenvalue weighted by molar-refractivity contribution is 5.25. The summed E-state index contributed by atoms with van der Waals surface area (Å²) in [5, 5.41) is 17.4. The van der Waals surface area contributed by atoms with Crippen LogP contribution in [0.1, 0.15) is 0 Å². The molecule has 0 aliphatic heterocycles. The monoisotopic (exact) mass is 113 g/mol. The molecule has 3 heteroatoms. The smallest absolute Gasteiger partial charge is 0.194 e. The van der Waals surface area contributed by atoms with Crippen LogP contribution in [0.3, 0.4) is 0 Å². The molecular formula is C5H7NO2. The Morgan fingerprint density at radius 1 is 1.50 bits per heavy atom. The largest absolute Gasteiger partial charge is 0.506 e. The molecule has 1 aromatic heterocycles. The van der Waals surface area contributed by atoms with Crippen LogP contribution in [0.25, 0.3) is 0 Å². The fourth-order valence-corrected chi connectivity index (χ4v) is 0.536.